The first kappa shape index (κ1) is 20.8. The van der Waals surface area contributed by atoms with Crippen molar-refractivity contribution in [1.82, 2.24) is 0 Å². The molecule has 116 valence electrons. The van der Waals surface area contributed by atoms with Gasteiger partial charge in [-0.2, -0.15) is 0 Å². The normalized spacial score (nSPS) is 15.1. The molecule has 6 N–H and O–H groups in total. The van der Waals surface area contributed by atoms with Crippen molar-refractivity contribution in [3.63, 3.8) is 0 Å². The molecule has 0 radical (unpaired) electrons. The molecule has 0 heterocycles. The minimum Gasteiger partial charge on any atom is -0.394 e. The van der Waals surface area contributed by atoms with Crippen LogP contribution < -0.4 is 0 Å². The molecule has 0 spiro atoms. The first-order valence-electron chi connectivity index (χ1n) is 6.07. The highest BCUT2D eigenvalue weighted by molar-refractivity contribution is 4.68. The third-order valence-corrected chi connectivity index (χ3v) is 1.96. The molecular formula is C12H26O7. The fraction of sp³-hybridized carbons (Fsp3) is 0.833. The van der Waals surface area contributed by atoms with Gasteiger partial charge in [0.2, 0.25) is 0 Å². The second kappa shape index (κ2) is 15.5. The second-order valence-corrected chi connectivity index (χ2v) is 3.91. The Balaban J connectivity index is 0. The molecule has 0 fully saturated rings. The SMILES string of the molecule is C=CCCC(O)CO.OCC(O)COCC(O)CO. The van der Waals surface area contributed by atoms with Crippen LogP contribution in [-0.4, -0.2) is 82.0 Å². The molecule has 0 saturated heterocycles. The Morgan fingerprint density at radius 2 is 1.26 bits per heavy atom. The van der Waals surface area contributed by atoms with E-state index in [1.54, 1.807) is 6.08 Å². The molecule has 3 atom stereocenters. The molecule has 0 saturated carbocycles. The molecule has 0 bridgehead atoms. The maximum Gasteiger partial charge on any atom is 0.100 e. The molecule has 0 amide bonds. The van der Waals surface area contributed by atoms with Crippen LogP contribution in [0.25, 0.3) is 0 Å². The summed E-state index contributed by atoms with van der Waals surface area (Å²) in [5.41, 5.74) is 0. The van der Waals surface area contributed by atoms with E-state index in [9.17, 15) is 0 Å². The average molecular weight is 282 g/mol. The van der Waals surface area contributed by atoms with Crippen LogP contribution in [0.2, 0.25) is 0 Å². The van der Waals surface area contributed by atoms with Crippen LogP contribution in [0.15, 0.2) is 12.7 Å². The van der Waals surface area contributed by atoms with Gasteiger partial charge in [0.15, 0.2) is 0 Å². The van der Waals surface area contributed by atoms with Gasteiger partial charge in [0.25, 0.3) is 0 Å². The standard InChI is InChI=1S/C6H14O5.C6H12O2/c7-1-5(9)3-11-4-6(10)2-8;1-2-3-4-6(8)5-7/h5-10H,1-4H2;2,6-8H,1,3-5H2. The van der Waals surface area contributed by atoms with Crippen molar-refractivity contribution in [3.05, 3.63) is 12.7 Å². The van der Waals surface area contributed by atoms with Gasteiger partial charge >= 0.3 is 0 Å². The van der Waals surface area contributed by atoms with E-state index in [1.807, 2.05) is 0 Å². The number of hydrogen-bond donors (Lipinski definition) is 6. The summed E-state index contributed by atoms with van der Waals surface area (Å²) in [5, 5.41) is 51.0. The topological polar surface area (TPSA) is 131 Å². The summed E-state index contributed by atoms with van der Waals surface area (Å²) in [6.07, 6.45) is 0.704. The van der Waals surface area contributed by atoms with Crippen LogP contribution in [0, 0.1) is 0 Å². The zero-order valence-electron chi connectivity index (χ0n) is 11.1. The van der Waals surface area contributed by atoms with Gasteiger partial charge in [-0.25, -0.2) is 0 Å². The van der Waals surface area contributed by atoms with Crippen LogP contribution in [0.5, 0.6) is 0 Å². The van der Waals surface area contributed by atoms with Crippen LogP contribution in [0.4, 0.5) is 0 Å². The molecule has 0 aliphatic heterocycles. The van der Waals surface area contributed by atoms with Crippen LogP contribution in [0.3, 0.4) is 0 Å². The summed E-state index contributed by atoms with van der Waals surface area (Å²) < 4.78 is 4.72. The highest BCUT2D eigenvalue weighted by atomic mass is 16.5. The van der Waals surface area contributed by atoms with Crippen molar-refractivity contribution in [2.45, 2.75) is 31.2 Å². The Kier molecular flexibility index (Phi) is 17.0. The largest absolute Gasteiger partial charge is 0.394 e. The molecule has 7 nitrogen and oxygen atoms in total. The zero-order valence-corrected chi connectivity index (χ0v) is 11.1. The van der Waals surface area contributed by atoms with Gasteiger partial charge < -0.3 is 35.4 Å². The van der Waals surface area contributed by atoms with Crippen molar-refractivity contribution >= 4 is 0 Å². The second-order valence-electron chi connectivity index (χ2n) is 3.91. The van der Waals surface area contributed by atoms with Crippen LogP contribution in [-0.2, 0) is 4.74 Å². The number of rotatable bonds is 10. The van der Waals surface area contributed by atoms with E-state index in [4.69, 9.17) is 35.4 Å². The summed E-state index contributed by atoms with van der Waals surface area (Å²) in [6.45, 7) is 2.53. The maximum atomic E-state index is 8.72. The van der Waals surface area contributed by atoms with Crippen LogP contribution >= 0.6 is 0 Å². The van der Waals surface area contributed by atoms with E-state index < -0.39 is 18.3 Å². The number of aliphatic hydroxyl groups excluding tert-OH is 6. The van der Waals surface area contributed by atoms with Gasteiger partial charge in [-0.15, -0.1) is 6.58 Å². The van der Waals surface area contributed by atoms with Gasteiger partial charge in [0.05, 0.1) is 39.1 Å². The highest BCUT2D eigenvalue weighted by Gasteiger charge is 2.04. The molecule has 19 heavy (non-hydrogen) atoms. The molecule has 0 rings (SSSR count). The van der Waals surface area contributed by atoms with E-state index in [0.717, 1.165) is 6.42 Å². The number of aliphatic hydroxyl groups is 6. The third-order valence-electron chi connectivity index (χ3n) is 1.96. The zero-order chi connectivity index (χ0) is 15.1. The van der Waals surface area contributed by atoms with Crippen molar-refractivity contribution in [3.8, 4) is 0 Å². The first-order valence-corrected chi connectivity index (χ1v) is 6.07. The van der Waals surface area contributed by atoms with E-state index in [-0.39, 0.29) is 33.0 Å². The Morgan fingerprint density at radius 3 is 1.58 bits per heavy atom. The third kappa shape index (κ3) is 17.5. The summed E-state index contributed by atoms with van der Waals surface area (Å²) in [4.78, 5) is 0. The number of ether oxygens (including phenoxy) is 1. The summed E-state index contributed by atoms with van der Waals surface area (Å²) in [6, 6.07) is 0. The fourth-order valence-electron chi connectivity index (χ4n) is 0.847. The van der Waals surface area contributed by atoms with Gasteiger partial charge in [0.1, 0.15) is 12.2 Å². The Morgan fingerprint density at radius 1 is 0.842 bits per heavy atom. The fourth-order valence-corrected chi connectivity index (χ4v) is 0.847. The van der Waals surface area contributed by atoms with E-state index in [1.165, 1.54) is 0 Å². The Labute approximate surface area is 113 Å². The lowest BCUT2D eigenvalue weighted by atomic mass is 10.2. The minimum atomic E-state index is -0.916. The van der Waals surface area contributed by atoms with Gasteiger partial charge in [0, 0.05) is 0 Å². The highest BCUT2D eigenvalue weighted by Crippen LogP contribution is 1.94. The van der Waals surface area contributed by atoms with Crippen molar-refractivity contribution < 1.29 is 35.4 Å². The molecule has 0 aromatic rings. The van der Waals surface area contributed by atoms with E-state index in [2.05, 4.69) is 6.58 Å². The molecule has 3 unspecified atom stereocenters. The molecule has 0 aromatic heterocycles. The van der Waals surface area contributed by atoms with Crippen LogP contribution in [0.1, 0.15) is 12.8 Å². The van der Waals surface area contributed by atoms with Gasteiger partial charge in [-0.05, 0) is 12.8 Å². The Hall–Kier alpha value is -0.540. The molecular weight excluding hydrogens is 256 g/mol. The smallest absolute Gasteiger partial charge is 0.100 e. The molecule has 0 aliphatic carbocycles. The van der Waals surface area contributed by atoms with E-state index >= 15 is 0 Å². The quantitative estimate of drug-likeness (QED) is 0.256. The van der Waals surface area contributed by atoms with Crippen molar-refractivity contribution in [2.24, 2.45) is 0 Å². The lowest BCUT2D eigenvalue weighted by Crippen LogP contribution is -2.25. The summed E-state index contributed by atoms with van der Waals surface area (Å²) >= 11 is 0. The van der Waals surface area contributed by atoms with Crippen molar-refractivity contribution in [2.75, 3.05) is 33.0 Å². The molecule has 0 aromatic carbocycles. The average Bonchev–Trinajstić information content (AvgIpc) is 2.44. The lowest BCUT2D eigenvalue weighted by Gasteiger charge is -2.10. The Bertz CT molecular complexity index is 179. The minimum absolute atomic E-state index is 0.0342. The maximum absolute atomic E-state index is 8.72. The summed E-state index contributed by atoms with van der Waals surface area (Å²) in [7, 11) is 0. The lowest BCUT2D eigenvalue weighted by molar-refractivity contribution is -0.0364. The number of allylic oxidation sites excluding steroid dienone is 1. The summed E-state index contributed by atoms with van der Waals surface area (Å²) in [5.74, 6) is 0. The monoisotopic (exact) mass is 282 g/mol. The molecule has 7 heteroatoms. The molecule has 0 aliphatic rings. The van der Waals surface area contributed by atoms with Crippen molar-refractivity contribution in [1.29, 1.82) is 0 Å². The van der Waals surface area contributed by atoms with E-state index in [0.29, 0.717) is 6.42 Å². The predicted molar refractivity (Wildman–Crippen MR) is 69.5 cm³/mol. The predicted octanol–water partition coefficient (Wildman–Crippen LogP) is -1.98. The van der Waals surface area contributed by atoms with Gasteiger partial charge in [-0.3, -0.25) is 0 Å². The van der Waals surface area contributed by atoms with Gasteiger partial charge in [-0.1, -0.05) is 6.08 Å². The first-order chi connectivity index (χ1) is 9.01. The number of hydrogen-bond acceptors (Lipinski definition) is 7.